The van der Waals surface area contributed by atoms with Gasteiger partial charge in [0.25, 0.3) is 0 Å². The maximum absolute atomic E-state index is 11.9. The molecule has 0 atom stereocenters. The standard InChI is InChI=1S/C13H21F3N2S/c1-12(2,3)11-18-10(9-19-11)8-17-7-5-4-6-13(14,15)16/h9,17H,4-8H2,1-3H3. The minimum Gasteiger partial charge on any atom is -0.311 e. The van der Waals surface area contributed by atoms with E-state index in [2.05, 4.69) is 31.1 Å². The molecule has 1 rings (SSSR count). The van der Waals surface area contributed by atoms with Gasteiger partial charge in [0.05, 0.1) is 10.7 Å². The van der Waals surface area contributed by atoms with E-state index in [1.807, 2.05) is 5.38 Å². The highest BCUT2D eigenvalue weighted by molar-refractivity contribution is 7.09. The molecule has 19 heavy (non-hydrogen) atoms. The van der Waals surface area contributed by atoms with Crippen molar-refractivity contribution in [2.75, 3.05) is 6.54 Å². The molecule has 0 aliphatic carbocycles. The number of halogens is 3. The molecule has 1 aromatic rings. The largest absolute Gasteiger partial charge is 0.389 e. The molecular weight excluding hydrogens is 273 g/mol. The lowest BCUT2D eigenvalue weighted by molar-refractivity contribution is -0.135. The van der Waals surface area contributed by atoms with Gasteiger partial charge in [-0.15, -0.1) is 11.3 Å². The summed E-state index contributed by atoms with van der Waals surface area (Å²) >= 11 is 1.63. The van der Waals surface area contributed by atoms with Gasteiger partial charge in [-0.25, -0.2) is 4.98 Å². The zero-order chi connectivity index (χ0) is 14.5. The fraction of sp³-hybridized carbons (Fsp3) is 0.769. The lowest BCUT2D eigenvalue weighted by Gasteiger charge is -2.13. The molecule has 0 aliphatic rings. The van der Waals surface area contributed by atoms with Gasteiger partial charge in [-0.3, -0.25) is 0 Å². The Labute approximate surface area is 116 Å². The summed E-state index contributed by atoms with van der Waals surface area (Å²) in [5.74, 6) is 0. The van der Waals surface area contributed by atoms with Crippen molar-refractivity contribution >= 4 is 11.3 Å². The molecule has 1 aromatic heterocycles. The van der Waals surface area contributed by atoms with Gasteiger partial charge in [0.2, 0.25) is 0 Å². The van der Waals surface area contributed by atoms with Gasteiger partial charge in [-0.1, -0.05) is 20.8 Å². The average Bonchev–Trinajstić information content (AvgIpc) is 2.69. The van der Waals surface area contributed by atoms with Crippen LogP contribution in [0.5, 0.6) is 0 Å². The Balaban J connectivity index is 2.18. The van der Waals surface area contributed by atoms with E-state index in [9.17, 15) is 13.2 Å². The Morgan fingerprint density at radius 2 is 1.89 bits per heavy atom. The molecule has 1 N–H and O–H groups in total. The van der Waals surface area contributed by atoms with Gasteiger partial charge in [0, 0.05) is 23.8 Å². The van der Waals surface area contributed by atoms with Crippen LogP contribution < -0.4 is 5.32 Å². The smallest absolute Gasteiger partial charge is 0.311 e. The summed E-state index contributed by atoms with van der Waals surface area (Å²) in [6.07, 6.45) is -4.01. The molecule has 0 saturated carbocycles. The first-order chi connectivity index (χ1) is 8.68. The molecule has 110 valence electrons. The van der Waals surface area contributed by atoms with Gasteiger partial charge in [-0.05, 0) is 19.4 Å². The number of aromatic nitrogens is 1. The van der Waals surface area contributed by atoms with Crippen molar-refractivity contribution < 1.29 is 13.2 Å². The van der Waals surface area contributed by atoms with Crippen molar-refractivity contribution in [3.63, 3.8) is 0 Å². The summed E-state index contributed by atoms with van der Waals surface area (Å²) < 4.78 is 35.7. The average molecular weight is 294 g/mol. The van der Waals surface area contributed by atoms with Gasteiger partial charge in [-0.2, -0.15) is 13.2 Å². The molecule has 0 fully saturated rings. The van der Waals surface area contributed by atoms with Crippen LogP contribution in [-0.4, -0.2) is 17.7 Å². The van der Waals surface area contributed by atoms with Crippen molar-refractivity contribution in [1.29, 1.82) is 0 Å². The van der Waals surface area contributed by atoms with E-state index < -0.39 is 12.6 Å². The van der Waals surface area contributed by atoms with Crippen molar-refractivity contribution in [3.05, 3.63) is 16.1 Å². The third-order valence-corrected chi connectivity index (χ3v) is 3.88. The second-order valence-electron chi connectivity index (χ2n) is 5.64. The highest BCUT2D eigenvalue weighted by Crippen LogP contribution is 2.25. The predicted octanol–water partition coefficient (Wildman–Crippen LogP) is 4.26. The number of nitrogens with one attached hydrogen (secondary N) is 1. The van der Waals surface area contributed by atoms with Crippen molar-refractivity contribution in [2.24, 2.45) is 0 Å². The second-order valence-corrected chi connectivity index (χ2v) is 6.50. The summed E-state index contributed by atoms with van der Waals surface area (Å²) in [7, 11) is 0. The third kappa shape index (κ3) is 6.92. The first-order valence-corrected chi connectivity index (χ1v) is 7.29. The highest BCUT2D eigenvalue weighted by atomic mass is 32.1. The molecule has 0 aromatic carbocycles. The van der Waals surface area contributed by atoms with Gasteiger partial charge < -0.3 is 5.32 Å². The van der Waals surface area contributed by atoms with E-state index >= 15 is 0 Å². The number of hydrogen-bond donors (Lipinski definition) is 1. The monoisotopic (exact) mass is 294 g/mol. The van der Waals surface area contributed by atoms with Crippen molar-refractivity contribution in [2.45, 2.75) is 58.2 Å². The van der Waals surface area contributed by atoms with Crippen LogP contribution in [0.15, 0.2) is 5.38 Å². The Morgan fingerprint density at radius 3 is 2.42 bits per heavy atom. The van der Waals surface area contributed by atoms with Gasteiger partial charge in [0.15, 0.2) is 0 Å². The maximum atomic E-state index is 11.9. The molecule has 1 heterocycles. The molecule has 0 amide bonds. The molecule has 0 spiro atoms. The van der Waals surface area contributed by atoms with E-state index in [0.29, 0.717) is 19.5 Å². The second kappa shape index (κ2) is 6.70. The van der Waals surface area contributed by atoms with E-state index in [1.165, 1.54) is 0 Å². The minimum atomic E-state index is -4.03. The number of alkyl halides is 3. The highest BCUT2D eigenvalue weighted by Gasteiger charge is 2.25. The van der Waals surface area contributed by atoms with Crippen LogP contribution >= 0.6 is 11.3 Å². The predicted molar refractivity (Wildman–Crippen MR) is 72.4 cm³/mol. The Hall–Kier alpha value is -0.620. The molecule has 0 radical (unpaired) electrons. The Morgan fingerprint density at radius 1 is 1.21 bits per heavy atom. The molecule has 0 bridgehead atoms. The number of unbranched alkanes of at least 4 members (excludes halogenated alkanes) is 1. The quantitative estimate of drug-likeness (QED) is 0.793. The zero-order valence-corrected chi connectivity index (χ0v) is 12.4. The summed E-state index contributed by atoms with van der Waals surface area (Å²) in [6, 6.07) is 0. The zero-order valence-electron chi connectivity index (χ0n) is 11.6. The van der Waals surface area contributed by atoms with E-state index in [4.69, 9.17) is 0 Å². The van der Waals surface area contributed by atoms with Crippen LogP contribution in [0.4, 0.5) is 13.2 Å². The van der Waals surface area contributed by atoms with E-state index in [0.717, 1.165) is 10.7 Å². The Bertz CT molecular complexity index is 380. The van der Waals surface area contributed by atoms with Crippen LogP contribution in [0, 0.1) is 0 Å². The van der Waals surface area contributed by atoms with Gasteiger partial charge >= 0.3 is 6.18 Å². The third-order valence-electron chi connectivity index (χ3n) is 2.56. The molecular formula is C13H21F3N2S. The van der Waals surface area contributed by atoms with Crippen LogP contribution in [0.2, 0.25) is 0 Å². The topological polar surface area (TPSA) is 24.9 Å². The molecule has 0 aliphatic heterocycles. The lowest BCUT2D eigenvalue weighted by Crippen LogP contribution is -2.17. The minimum absolute atomic E-state index is 0.0512. The fourth-order valence-corrected chi connectivity index (χ4v) is 2.43. The first kappa shape index (κ1) is 16.4. The van der Waals surface area contributed by atoms with Crippen molar-refractivity contribution in [1.82, 2.24) is 10.3 Å². The number of thiazole rings is 1. The van der Waals surface area contributed by atoms with Gasteiger partial charge in [0.1, 0.15) is 0 Å². The number of rotatable bonds is 6. The maximum Gasteiger partial charge on any atom is 0.389 e. The van der Waals surface area contributed by atoms with Crippen LogP contribution in [0.1, 0.15) is 50.7 Å². The summed E-state index contributed by atoms with van der Waals surface area (Å²) in [4.78, 5) is 4.51. The van der Waals surface area contributed by atoms with Crippen molar-refractivity contribution in [3.8, 4) is 0 Å². The summed E-state index contributed by atoms with van der Waals surface area (Å²) in [6.45, 7) is 7.55. The molecule has 6 heteroatoms. The van der Waals surface area contributed by atoms with Crippen LogP contribution in [0.3, 0.4) is 0 Å². The normalized spacial score (nSPS) is 12.9. The summed E-state index contributed by atoms with van der Waals surface area (Å²) in [5.41, 5.74) is 1.01. The molecule has 0 saturated heterocycles. The fourth-order valence-electron chi connectivity index (χ4n) is 1.52. The SMILES string of the molecule is CC(C)(C)c1nc(CNCCCCC(F)(F)F)cs1. The van der Waals surface area contributed by atoms with Crippen LogP contribution in [-0.2, 0) is 12.0 Å². The number of hydrogen-bond acceptors (Lipinski definition) is 3. The van der Waals surface area contributed by atoms with Crippen LogP contribution in [0.25, 0.3) is 0 Å². The van der Waals surface area contributed by atoms with E-state index in [-0.39, 0.29) is 11.8 Å². The number of nitrogens with zero attached hydrogens (tertiary/aromatic N) is 1. The molecule has 0 unspecified atom stereocenters. The summed E-state index contributed by atoms with van der Waals surface area (Å²) in [5, 5.41) is 6.22. The van der Waals surface area contributed by atoms with E-state index in [1.54, 1.807) is 11.3 Å². The first-order valence-electron chi connectivity index (χ1n) is 6.41. The molecule has 2 nitrogen and oxygen atoms in total. The lowest BCUT2D eigenvalue weighted by atomic mass is 9.98. The Kier molecular flexibility index (Phi) is 5.80.